The topological polar surface area (TPSA) is 54.0 Å². The summed E-state index contributed by atoms with van der Waals surface area (Å²) in [5.74, 6) is 2.05. The smallest absolute Gasteiger partial charge is 0.232 e. The molecule has 0 bridgehead atoms. The fourth-order valence-corrected chi connectivity index (χ4v) is 5.88. The second kappa shape index (κ2) is 11.9. The summed E-state index contributed by atoms with van der Waals surface area (Å²) < 4.78 is 11.7. The maximum atomic E-state index is 13.8. The van der Waals surface area contributed by atoms with Gasteiger partial charge in [-0.3, -0.25) is 4.79 Å². The van der Waals surface area contributed by atoms with Crippen molar-refractivity contribution in [3.05, 3.63) is 82.4 Å². The molecule has 1 saturated heterocycles. The first kappa shape index (κ1) is 27.4. The summed E-state index contributed by atoms with van der Waals surface area (Å²) in [4.78, 5) is 18.0. The minimum Gasteiger partial charge on any atom is -0.493 e. The Morgan fingerprint density at radius 2 is 1.72 bits per heavy atom. The van der Waals surface area contributed by atoms with Crippen molar-refractivity contribution in [2.24, 2.45) is 5.92 Å². The van der Waals surface area contributed by atoms with Gasteiger partial charge in [-0.25, -0.2) is 0 Å². The van der Waals surface area contributed by atoms with Crippen LogP contribution in [0.3, 0.4) is 0 Å². The minimum atomic E-state index is -0.322. The molecule has 2 heterocycles. The van der Waals surface area contributed by atoms with Gasteiger partial charge in [0.2, 0.25) is 5.91 Å². The van der Waals surface area contributed by atoms with E-state index in [-0.39, 0.29) is 24.5 Å². The average molecular weight is 548 g/mol. The number of hydrogen-bond acceptors (Lipinski definition) is 5. The molecule has 0 aliphatic carbocycles. The summed E-state index contributed by atoms with van der Waals surface area (Å²) in [5.41, 5.74) is 4.98. The highest BCUT2D eigenvalue weighted by Gasteiger charge is 2.36. The number of anilines is 2. The van der Waals surface area contributed by atoms with E-state index in [0.717, 1.165) is 47.7 Å². The zero-order valence-corrected chi connectivity index (χ0v) is 24.0. The molecule has 0 spiro atoms. The number of halogens is 1. The molecule has 0 aromatic heterocycles. The molecular formula is C32H38ClN3O3. The summed E-state index contributed by atoms with van der Waals surface area (Å²) in [6.45, 7) is 7.21. The normalized spacial score (nSPS) is 17.7. The van der Waals surface area contributed by atoms with Gasteiger partial charge in [-0.15, -0.1) is 0 Å². The molecule has 2 aliphatic rings. The molecule has 3 aromatic rings. The Labute approximate surface area is 236 Å². The van der Waals surface area contributed by atoms with E-state index in [4.69, 9.17) is 21.1 Å². The summed E-state index contributed by atoms with van der Waals surface area (Å²) in [5, 5.41) is 4.10. The molecule has 1 N–H and O–H groups in total. The fourth-order valence-electron chi connectivity index (χ4n) is 5.75. The molecule has 3 aromatic carbocycles. The van der Waals surface area contributed by atoms with Crippen LogP contribution in [-0.4, -0.2) is 45.8 Å². The first-order chi connectivity index (χ1) is 18.8. The third-order valence-corrected chi connectivity index (χ3v) is 7.95. The maximum Gasteiger partial charge on any atom is 0.232 e. The Balaban J connectivity index is 1.51. The molecule has 5 rings (SSSR count). The van der Waals surface area contributed by atoms with Crippen molar-refractivity contribution >= 4 is 28.9 Å². The molecule has 206 valence electrons. The van der Waals surface area contributed by atoms with E-state index < -0.39 is 0 Å². The van der Waals surface area contributed by atoms with Gasteiger partial charge >= 0.3 is 0 Å². The SMILES string of the molecule is COc1cc2c(cc1OC(C)C)[C@@H](c1ccc(Cl)cc1)N(c1ccc(N(C)CC3CCNCC3)cc1)C(=O)C2. The Kier molecular flexibility index (Phi) is 8.34. The second-order valence-corrected chi connectivity index (χ2v) is 11.3. The van der Waals surface area contributed by atoms with Crippen molar-refractivity contribution in [3.8, 4) is 11.5 Å². The molecule has 0 unspecified atom stereocenters. The number of ether oxygens (including phenoxy) is 2. The van der Waals surface area contributed by atoms with Gasteiger partial charge in [0.15, 0.2) is 11.5 Å². The first-order valence-corrected chi connectivity index (χ1v) is 14.2. The highest BCUT2D eigenvalue weighted by Crippen LogP contribution is 2.44. The quantitative estimate of drug-likeness (QED) is 0.361. The number of amides is 1. The Bertz CT molecular complexity index is 1290. The number of carbonyl (C=O) groups excluding carboxylic acids is 1. The van der Waals surface area contributed by atoms with Crippen LogP contribution in [0.15, 0.2) is 60.7 Å². The van der Waals surface area contributed by atoms with Crippen molar-refractivity contribution < 1.29 is 14.3 Å². The van der Waals surface area contributed by atoms with Crippen molar-refractivity contribution in [2.45, 2.75) is 45.3 Å². The number of piperidine rings is 1. The van der Waals surface area contributed by atoms with Crippen LogP contribution >= 0.6 is 11.6 Å². The van der Waals surface area contributed by atoms with Crippen LogP contribution in [0.5, 0.6) is 11.5 Å². The number of hydrogen-bond donors (Lipinski definition) is 1. The lowest BCUT2D eigenvalue weighted by Crippen LogP contribution is -2.41. The average Bonchev–Trinajstić information content (AvgIpc) is 2.93. The number of benzene rings is 3. The molecule has 2 aliphatic heterocycles. The Morgan fingerprint density at radius 3 is 2.36 bits per heavy atom. The number of carbonyl (C=O) groups is 1. The summed E-state index contributed by atoms with van der Waals surface area (Å²) in [7, 11) is 3.78. The zero-order chi connectivity index (χ0) is 27.5. The number of nitrogens with zero attached hydrogens (tertiary/aromatic N) is 2. The van der Waals surface area contributed by atoms with Gasteiger partial charge in [0.05, 0.1) is 25.7 Å². The Hall–Kier alpha value is -3.22. The van der Waals surface area contributed by atoms with E-state index in [1.807, 2.05) is 55.1 Å². The first-order valence-electron chi connectivity index (χ1n) is 13.8. The van der Waals surface area contributed by atoms with Crippen LogP contribution < -0.4 is 24.6 Å². The molecular weight excluding hydrogens is 510 g/mol. The van der Waals surface area contributed by atoms with Gasteiger partial charge in [-0.2, -0.15) is 0 Å². The highest BCUT2D eigenvalue weighted by molar-refractivity contribution is 6.30. The highest BCUT2D eigenvalue weighted by atomic mass is 35.5. The van der Waals surface area contributed by atoms with Crippen molar-refractivity contribution in [3.63, 3.8) is 0 Å². The molecule has 1 atom stereocenters. The van der Waals surface area contributed by atoms with Gasteiger partial charge in [0.1, 0.15) is 0 Å². The van der Waals surface area contributed by atoms with Gasteiger partial charge in [0, 0.05) is 30.0 Å². The van der Waals surface area contributed by atoms with Crippen LogP contribution in [0.25, 0.3) is 0 Å². The molecule has 0 saturated carbocycles. The third-order valence-electron chi connectivity index (χ3n) is 7.70. The summed E-state index contributed by atoms with van der Waals surface area (Å²) in [6.07, 6.45) is 2.69. The lowest BCUT2D eigenvalue weighted by Gasteiger charge is -2.38. The minimum absolute atomic E-state index is 0.0123. The Morgan fingerprint density at radius 1 is 1.03 bits per heavy atom. The van der Waals surface area contributed by atoms with Gasteiger partial charge in [-0.1, -0.05) is 23.7 Å². The summed E-state index contributed by atoms with van der Waals surface area (Å²) >= 11 is 6.25. The van der Waals surface area contributed by atoms with Crippen LogP contribution in [0, 0.1) is 5.92 Å². The predicted molar refractivity (Wildman–Crippen MR) is 159 cm³/mol. The van der Waals surface area contributed by atoms with Crippen LogP contribution in [0.2, 0.25) is 5.02 Å². The van der Waals surface area contributed by atoms with E-state index in [2.05, 4.69) is 41.5 Å². The third kappa shape index (κ3) is 6.02. The zero-order valence-electron chi connectivity index (χ0n) is 23.2. The van der Waals surface area contributed by atoms with E-state index in [9.17, 15) is 4.79 Å². The molecule has 1 amide bonds. The van der Waals surface area contributed by atoms with E-state index in [0.29, 0.717) is 22.4 Å². The van der Waals surface area contributed by atoms with E-state index >= 15 is 0 Å². The second-order valence-electron chi connectivity index (χ2n) is 10.9. The number of methoxy groups -OCH3 is 1. The lowest BCUT2D eigenvalue weighted by molar-refractivity contribution is -0.118. The standard InChI is InChI=1S/C32H38ClN3O3/c1-21(2)39-30-19-28-24(17-29(30)38-4)18-31(37)36(32(28)23-5-7-25(33)8-6-23)27-11-9-26(10-12-27)35(3)20-22-13-15-34-16-14-22/h5-12,17,19,21-22,32,34H,13-16,18,20H2,1-4H3/t32-/m1/s1. The van der Waals surface area contributed by atoms with Crippen molar-refractivity contribution in [2.75, 3.05) is 43.6 Å². The van der Waals surface area contributed by atoms with E-state index in [1.165, 1.54) is 12.8 Å². The van der Waals surface area contributed by atoms with Crippen LogP contribution in [0.1, 0.15) is 49.4 Å². The molecule has 7 heteroatoms. The van der Waals surface area contributed by atoms with Gasteiger partial charge in [-0.05, 0) is 111 Å². The van der Waals surface area contributed by atoms with Crippen molar-refractivity contribution in [1.29, 1.82) is 0 Å². The lowest BCUT2D eigenvalue weighted by atomic mass is 9.86. The largest absolute Gasteiger partial charge is 0.493 e. The van der Waals surface area contributed by atoms with Crippen molar-refractivity contribution in [1.82, 2.24) is 5.32 Å². The summed E-state index contributed by atoms with van der Waals surface area (Å²) in [6, 6.07) is 19.8. The molecule has 6 nitrogen and oxygen atoms in total. The molecule has 39 heavy (non-hydrogen) atoms. The molecule has 0 radical (unpaired) electrons. The number of rotatable bonds is 8. The van der Waals surface area contributed by atoms with E-state index in [1.54, 1.807) is 7.11 Å². The number of nitrogens with one attached hydrogen (secondary N) is 1. The van der Waals surface area contributed by atoms with Crippen LogP contribution in [0.4, 0.5) is 11.4 Å². The predicted octanol–water partition coefficient (Wildman–Crippen LogP) is 6.25. The monoisotopic (exact) mass is 547 g/mol. The van der Waals surface area contributed by atoms with Crippen LogP contribution in [-0.2, 0) is 11.2 Å². The number of fused-ring (bicyclic) bond motifs is 1. The molecule has 1 fully saturated rings. The fraction of sp³-hybridized carbons (Fsp3) is 0.406. The van der Waals surface area contributed by atoms with Gasteiger partial charge < -0.3 is 24.6 Å². The van der Waals surface area contributed by atoms with Gasteiger partial charge in [0.25, 0.3) is 0 Å². The maximum absolute atomic E-state index is 13.8.